The molecule has 0 aromatic heterocycles. The Balaban J connectivity index is 0.00000121. The average molecular weight is 190 g/mol. The fraction of sp³-hybridized carbons (Fsp3) is 0.250. The molecule has 0 bridgehead atoms. The summed E-state index contributed by atoms with van der Waals surface area (Å²) in [5.41, 5.74) is 5.87. The van der Waals surface area contributed by atoms with Gasteiger partial charge in [-0.15, -0.1) is 12.4 Å². The molecule has 3 nitrogen and oxygen atoms in total. The maximum atomic E-state index is 9.22. The SMILES string of the molecule is Cl.NC[C@H](O)c1cccc(O)c1. The number of hydrogen-bond donors (Lipinski definition) is 3. The van der Waals surface area contributed by atoms with Crippen LogP contribution in [0.1, 0.15) is 11.7 Å². The molecule has 0 amide bonds. The number of aliphatic hydroxyl groups excluding tert-OH is 1. The number of hydrogen-bond acceptors (Lipinski definition) is 3. The van der Waals surface area contributed by atoms with Gasteiger partial charge in [0.15, 0.2) is 0 Å². The Kier molecular flexibility index (Phi) is 4.66. The quantitative estimate of drug-likeness (QED) is 0.645. The van der Waals surface area contributed by atoms with Gasteiger partial charge in [-0.2, -0.15) is 0 Å². The second-order valence-electron chi connectivity index (χ2n) is 2.35. The Morgan fingerprint density at radius 1 is 1.42 bits per heavy atom. The molecule has 0 aliphatic rings. The molecular formula is C8H12ClNO2. The van der Waals surface area contributed by atoms with E-state index in [1.807, 2.05) is 0 Å². The van der Waals surface area contributed by atoms with Crippen molar-refractivity contribution in [3.63, 3.8) is 0 Å². The van der Waals surface area contributed by atoms with E-state index in [1.54, 1.807) is 18.2 Å². The first-order valence-corrected chi connectivity index (χ1v) is 3.41. The minimum Gasteiger partial charge on any atom is -0.508 e. The van der Waals surface area contributed by atoms with E-state index in [-0.39, 0.29) is 24.7 Å². The second kappa shape index (κ2) is 4.98. The van der Waals surface area contributed by atoms with Crippen molar-refractivity contribution >= 4 is 12.4 Å². The van der Waals surface area contributed by atoms with Gasteiger partial charge in [0.05, 0.1) is 6.10 Å². The Bertz CT molecular complexity index is 242. The molecule has 4 N–H and O–H groups in total. The van der Waals surface area contributed by atoms with Crippen molar-refractivity contribution in [3.05, 3.63) is 29.8 Å². The molecule has 0 saturated carbocycles. The molecule has 1 aromatic rings. The van der Waals surface area contributed by atoms with E-state index in [0.29, 0.717) is 5.56 Å². The van der Waals surface area contributed by atoms with Crippen LogP contribution in [0, 0.1) is 0 Å². The lowest BCUT2D eigenvalue weighted by Crippen LogP contribution is -2.11. The maximum absolute atomic E-state index is 9.22. The zero-order valence-electron chi connectivity index (χ0n) is 6.47. The van der Waals surface area contributed by atoms with Gasteiger partial charge in [0.25, 0.3) is 0 Å². The summed E-state index contributed by atoms with van der Waals surface area (Å²) in [5.74, 6) is 0.148. The van der Waals surface area contributed by atoms with Gasteiger partial charge in [0, 0.05) is 6.54 Å². The Morgan fingerprint density at radius 2 is 2.08 bits per heavy atom. The highest BCUT2D eigenvalue weighted by molar-refractivity contribution is 5.85. The van der Waals surface area contributed by atoms with Gasteiger partial charge in [-0.1, -0.05) is 12.1 Å². The van der Waals surface area contributed by atoms with Crippen LogP contribution in [0.15, 0.2) is 24.3 Å². The van der Waals surface area contributed by atoms with Crippen molar-refractivity contribution in [1.82, 2.24) is 0 Å². The smallest absolute Gasteiger partial charge is 0.115 e. The number of aliphatic hydroxyl groups is 1. The van der Waals surface area contributed by atoms with E-state index in [9.17, 15) is 5.11 Å². The molecule has 0 saturated heterocycles. The minimum absolute atomic E-state index is 0. The van der Waals surface area contributed by atoms with Crippen LogP contribution in [-0.4, -0.2) is 16.8 Å². The highest BCUT2D eigenvalue weighted by Crippen LogP contribution is 2.16. The highest BCUT2D eigenvalue weighted by Gasteiger charge is 2.03. The predicted octanol–water partition coefficient (Wildman–Crippen LogP) is 0.806. The summed E-state index contributed by atoms with van der Waals surface area (Å²) >= 11 is 0. The summed E-state index contributed by atoms with van der Waals surface area (Å²) in [6.45, 7) is 0.170. The summed E-state index contributed by atoms with van der Waals surface area (Å²) in [6.07, 6.45) is -0.679. The molecule has 0 fully saturated rings. The zero-order chi connectivity index (χ0) is 8.27. The summed E-state index contributed by atoms with van der Waals surface area (Å²) in [6, 6.07) is 6.44. The third kappa shape index (κ3) is 2.70. The van der Waals surface area contributed by atoms with E-state index in [4.69, 9.17) is 10.8 Å². The molecule has 1 rings (SSSR count). The molecular weight excluding hydrogens is 178 g/mol. The van der Waals surface area contributed by atoms with Crippen molar-refractivity contribution in [2.75, 3.05) is 6.54 Å². The fourth-order valence-corrected chi connectivity index (χ4v) is 0.868. The Hall–Kier alpha value is -0.770. The first-order valence-electron chi connectivity index (χ1n) is 3.41. The normalized spacial score (nSPS) is 11.8. The lowest BCUT2D eigenvalue weighted by molar-refractivity contribution is 0.186. The molecule has 4 heteroatoms. The van der Waals surface area contributed by atoms with Gasteiger partial charge >= 0.3 is 0 Å². The van der Waals surface area contributed by atoms with E-state index < -0.39 is 6.10 Å². The molecule has 1 aromatic carbocycles. The second-order valence-corrected chi connectivity index (χ2v) is 2.35. The third-order valence-corrected chi connectivity index (χ3v) is 1.48. The molecule has 0 spiro atoms. The van der Waals surface area contributed by atoms with Gasteiger partial charge in [0.1, 0.15) is 5.75 Å². The van der Waals surface area contributed by atoms with Crippen molar-refractivity contribution in [3.8, 4) is 5.75 Å². The predicted molar refractivity (Wildman–Crippen MR) is 49.4 cm³/mol. The van der Waals surface area contributed by atoms with Crippen LogP contribution < -0.4 is 5.73 Å². The highest BCUT2D eigenvalue weighted by atomic mass is 35.5. The van der Waals surface area contributed by atoms with Gasteiger partial charge < -0.3 is 15.9 Å². The van der Waals surface area contributed by atoms with Crippen LogP contribution in [0.5, 0.6) is 5.75 Å². The summed E-state index contributed by atoms with van der Waals surface area (Å²) in [5, 5.41) is 18.2. The summed E-state index contributed by atoms with van der Waals surface area (Å²) in [4.78, 5) is 0. The maximum Gasteiger partial charge on any atom is 0.115 e. The monoisotopic (exact) mass is 189 g/mol. The van der Waals surface area contributed by atoms with Crippen LogP contribution in [0.4, 0.5) is 0 Å². The van der Waals surface area contributed by atoms with E-state index in [0.717, 1.165) is 0 Å². The summed E-state index contributed by atoms with van der Waals surface area (Å²) < 4.78 is 0. The lowest BCUT2D eigenvalue weighted by atomic mass is 10.1. The molecule has 0 aliphatic carbocycles. The van der Waals surface area contributed by atoms with Crippen LogP contribution >= 0.6 is 12.4 Å². The van der Waals surface area contributed by atoms with Crippen molar-refractivity contribution < 1.29 is 10.2 Å². The fourth-order valence-electron chi connectivity index (χ4n) is 0.868. The average Bonchev–Trinajstić information content (AvgIpc) is 2.03. The largest absolute Gasteiger partial charge is 0.508 e. The summed E-state index contributed by atoms with van der Waals surface area (Å²) in [7, 11) is 0. The number of rotatable bonds is 2. The number of halogens is 1. The first kappa shape index (κ1) is 11.2. The van der Waals surface area contributed by atoms with Crippen molar-refractivity contribution in [2.24, 2.45) is 5.73 Å². The zero-order valence-corrected chi connectivity index (χ0v) is 7.29. The number of phenols is 1. The van der Waals surface area contributed by atoms with Gasteiger partial charge in [0.2, 0.25) is 0 Å². The Labute approximate surface area is 77.2 Å². The lowest BCUT2D eigenvalue weighted by Gasteiger charge is -2.06. The molecule has 0 radical (unpaired) electrons. The van der Waals surface area contributed by atoms with E-state index >= 15 is 0 Å². The standard InChI is InChI=1S/C8H11NO2.ClH/c9-5-8(11)6-2-1-3-7(10)4-6;/h1-4,8,10-11H,5,9H2;1H/t8-;/m0./s1. The molecule has 0 unspecified atom stereocenters. The minimum atomic E-state index is -0.679. The number of aromatic hydroxyl groups is 1. The third-order valence-electron chi connectivity index (χ3n) is 1.48. The Morgan fingerprint density at radius 3 is 2.58 bits per heavy atom. The van der Waals surface area contributed by atoms with Crippen LogP contribution in [-0.2, 0) is 0 Å². The van der Waals surface area contributed by atoms with Crippen molar-refractivity contribution in [2.45, 2.75) is 6.10 Å². The van der Waals surface area contributed by atoms with Crippen LogP contribution in [0.2, 0.25) is 0 Å². The first-order chi connectivity index (χ1) is 5.24. The molecule has 0 heterocycles. The topological polar surface area (TPSA) is 66.5 Å². The number of benzene rings is 1. The van der Waals surface area contributed by atoms with E-state index in [1.165, 1.54) is 6.07 Å². The molecule has 0 aliphatic heterocycles. The number of phenolic OH excluding ortho intramolecular Hbond substituents is 1. The van der Waals surface area contributed by atoms with Gasteiger partial charge in [-0.25, -0.2) is 0 Å². The van der Waals surface area contributed by atoms with Gasteiger partial charge in [-0.05, 0) is 17.7 Å². The number of nitrogens with two attached hydrogens (primary N) is 1. The van der Waals surface area contributed by atoms with Gasteiger partial charge in [-0.3, -0.25) is 0 Å². The molecule has 68 valence electrons. The van der Waals surface area contributed by atoms with E-state index in [2.05, 4.69) is 0 Å². The molecule has 12 heavy (non-hydrogen) atoms. The van der Waals surface area contributed by atoms with Crippen LogP contribution in [0.25, 0.3) is 0 Å². The van der Waals surface area contributed by atoms with Crippen molar-refractivity contribution in [1.29, 1.82) is 0 Å². The molecule has 1 atom stereocenters. The van der Waals surface area contributed by atoms with Crippen LogP contribution in [0.3, 0.4) is 0 Å².